The van der Waals surface area contributed by atoms with Crippen molar-refractivity contribution >= 4 is 28.6 Å². The molecule has 0 aliphatic heterocycles. The summed E-state index contributed by atoms with van der Waals surface area (Å²) >= 11 is 3.26. The van der Waals surface area contributed by atoms with Crippen LogP contribution < -0.4 is 5.32 Å². The molecule has 96 valence electrons. The molecule has 3 nitrogen and oxygen atoms in total. The molecule has 0 aliphatic carbocycles. The van der Waals surface area contributed by atoms with E-state index in [2.05, 4.69) is 10.7 Å². The van der Waals surface area contributed by atoms with Crippen molar-refractivity contribution in [1.82, 2.24) is 10.2 Å². The summed E-state index contributed by atoms with van der Waals surface area (Å²) in [4.78, 5) is 15.2. The lowest BCUT2D eigenvalue weighted by Gasteiger charge is -2.22. The highest BCUT2D eigenvalue weighted by Crippen LogP contribution is 2.21. The Morgan fingerprint density at radius 2 is 2.28 bits per heavy atom. The summed E-state index contributed by atoms with van der Waals surface area (Å²) in [6.07, 6.45) is 0. The third-order valence-electron chi connectivity index (χ3n) is 2.74. The van der Waals surface area contributed by atoms with Crippen LogP contribution in [0, 0.1) is 0 Å². The summed E-state index contributed by atoms with van der Waals surface area (Å²) in [5, 5.41) is 9.18. The molecule has 0 bridgehead atoms. The molecule has 1 atom stereocenters. The second kappa shape index (κ2) is 6.13. The van der Waals surface area contributed by atoms with E-state index in [-0.39, 0.29) is 11.9 Å². The SMILES string of the molecule is CN[C@@H](C(=O)N(C)Cc1ccsc1)c1cccs1. The first-order valence-electron chi connectivity index (χ1n) is 5.69. The first kappa shape index (κ1) is 13.3. The van der Waals surface area contributed by atoms with Crippen LogP contribution in [0.15, 0.2) is 34.3 Å². The molecule has 1 amide bonds. The number of carbonyl (C=O) groups is 1. The molecule has 1 N–H and O–H groups in total. The van der Waals surface area contributed by atoms with Gasteiger partial charge in [0.25, 0.3) is 0 Å². The Hall–Kier alpha value is -1.17. The topological polar surface area (TPSA) is 32.3 Å². The number of carbonyl (C=O) groups excluding carboxylic acids is 1. The maximum atomic E-state index is 12.4. The van der Waals surface area contributed by atoms with E-state index in [0.717, 1.165) is 4.88 Å². The first-order valence-corrected chi connectivity index (χ1v) is 7.51. The van der Waals surface area contributed by atoms with Crippen molar-refractivity contribution in [3.8, 4) is 0 Å². The second-order valence-corrected chi connectivity index (χ2v) is 5.82. The maximum Gasteiger partial charge on any atom is 0.245 e. The Morgan fingerprint density at radius 1 is 1.44 bits per heavy atom. The van der Waals surface area contributed by atoms with E-state index in [9.17, 15) is 4.79 Å². The Kier molecular flexibility index (Phi) is 4.52. The van der Waals surface area contributed by atoms with E-state index in [1.54, 1.807) is 27.6 Å². The number of nitrogens with one attached hydrogen (secondary N) is 1. The molecule has 18 heavy (non-hydrogen) atoms. The van der Waals surface area contributed by atoms with E-state index < -0.39 is 0 Å². The molecule has 5 heteroatoms. The molecule has 0 spiro atoms. The third-order valence-corrected chi connectivity index (χ3v) is 4.41. The Bertz CT molecular complexity index is 479. The Balaban J connectivity index is 2.05. The third kappa shape index (κ3) is 2.98. The minimum atomic E-state index is -0.242. The van der Waals surface area contributed by atoms with Crippen molar-refractivity contribution in [3.05, 3.63) is 44.8 Å². The zero-order valence-corrected chi connectivity index (χ0v) is 12.1. The van der Waals surface area contributed by atoms with Crippen molar-refractivity contribution in [2.24, 2.45) is 0 Å². The molecule has 0 radical (unpaired) electrons. The van der Waals surface area contributed by atoms with Crippen LogP contribution in [0.25, 0.3) is 0 Å². The fourth-order valence-corrected chi connectivity index (χ4v) is 3.28. The predicted molar refractivity (Wildman–Crippen MR) is 76.9 cm³/mol. The van der Waals surface area contributed by atoms with Crippen molar-refractivity contribution < 1.29 is 4.79 Å². The number of hydrogen-bond donors (Lipinski definition) is 1. The summed E-state index contributed by atoms with van der Waals surface area (Å²) < 4.78 is 0. The van der Waals surface area contributed by atoms with Crippen LogP contribution in [0.4, 0.5) is 0 Å². The van der Waals surface area contributed by atoms with E-state index in [0.29, 0.717) is 6.54 Å². The molecular formula is C13H16N2OS2. The van der Waals surface area contributed by atoms with Gasteiger partial charge < -0.3 is 10.2 Å². The van der Waals surface area contributed by atoms with Gasteiger partial charge in [0.15, 0.2) is 0 Å². The van der Waals surface area contributed by atoms with Crippen LogP contribution in [0.5, 0.6) is 0 Å². The largest absolute Gasteiger partial charge is 0.340 e. The average molecular weight is 280 g/mol. The van der Waals surface area contributed by atoms with Gasteiger partial charge in [-0.3, -0.25) is 4.79 Å². The fraction of sp³-hybridized carbons (Fsp3) is 0.308. The minimum absolute atomic E-state index is 0.103. The fourth-order valence-electron chi connectivity index (χ4n) is 1.80. The number of nitrogens with zero attached hydrogens (tertiary/aromatic N) is 1. The lowest BCUT2D eigenvalue weighted by Crippen LogP contribution is -2.36. The molecule has 0 unspecified atom stereocenters. The van der Waals surface area contributed by atoms with Crippen molar-refractivity contribution in [3.63, 3.8) is 0 Å². The van der Waals surface area contributed by atoms with E-state index in [1.165, 1.54) is 5.56 Å². The highest BCUT2D eigenvalue weighted by Gasteiger charge is 2.23. The number of amides is 1. The van der Waals surface area contributed by atoms with Crippen molar-refractivity contribution in [2.75, 3.05) is 14.1 Å². The van der Waals surface area contributed by atoms with Crippen LogP contribution in [-0.4, -0.2) is 24.9 Å². The van der Waals surface area contributed by atoms with Gasteiger partial charge in [-0.1, -0.05) is 6.07 Å². The molecule has 0 fully saturated rings. The molecule has 2 heterocycles. The number of rotatable bonds is 5. The number of likely N-dealkylation sites (N-methyl/N-ethyl adjacent to an activating group) is 2. The van der Waals surface area contributed by atoms with E-state index in [1.807, 2.05) is 43.1 Å². The van der Waals surface area contributed by atoms with Gasteiger partial charge in [-0.25, -0.2) is 0 Å². The first-order chi connectivity index (χ1) is 8.72. The van der Waals surface area contributed by atoms with Gasteiger partial charge in [0, 0.05) is 18.5 Å². The van der Waals surface area contributed by atoms with Crippen molar-refractivity contribution in [1.29, 1.82) is 0 Å². The summed E-state index contributed by atoms with van der Waals surface area (Å²) in [6, 6.07) is 5.76. The van der Waals surface area contributed by atoms with Crippen LogP contribution in [-0.2, 0) is 11.3 Å². The van der Waals surface area contributed by atoms with Gasteiger partial charge in [0.1, 0.15) is 6.04 Å². The van der Waals surface area contributed by atoms with Gasteiger partial charge in [-0.15, -0.1) is 11.3 Å². The van der Waals surface area contributed by atoms with E-state index in [4.69, 9.17) is 0 Å². The molecule has 2 rings (SSSR count). The molecule has 0 aromatic carbocycles. The summed E-state index contributed by atoms with van der Waals surface area (Å²) in [5.41, 5.74) is 1.18. The number of thiophene rings is 2. The molecule has 0 aliphatic rings. The van der Waals surface area contributed by atoms with Crippen molar-refractivity contribution in [2.45, 2.75) is 12.6 Å². The van der Waals surface area contributed by atoms with Gasteiger partial charge >= 0.3 is 0 Å². The summed E-state index contributed by atoms with van der Waals surface area (Å²) in [6.45, 7) is 0.659. The zero-order valence-electron chi connectivity index (χ0n) is 10.4. The quantitative estimate of drug-likeness (QED) is 0.913. The van der Waals surface area contributed by atoms with Gasteiger partial charge in [-0.05, 0) is 40.9 Å². The zero-order chi connectivity index (χ0) is 13.0. The van der Waals surface area contributed by atoms with E-state index >= 15 is 0 Å². The molecule has 0 saturated heterocycles. The van der Waals surface area contributed by atoms with Gasteiger partial charge in [0.2, 0.25) is 5.91 Å². The summed E-state index contributed by atoms with van der Waals surface area (Å²) in [5.74, 6) is 0.103. The Morgan fingerprint density at radius 3 is 2.83 bits per heavy atom. The lowest BCUT2D eigenvalue weighted by molar-refractivity contribution is -0.132. The Labute approximate surface area is 115 Å². The smallest absolute Gasteiger partial charge is 0.245 e. The lowest BCUT2D eigenvalue weighted by atomic mass is 10.2. The maximum absolute atomic E-state index is 12.4. The molecule has 2 aromatic rings. The minimum Gasteiger partial charge on any atom is -0.340 e. The van der Waals surface area contributed by atoms with Gasteiger partial charge in [-0.2, -0.15) is 11.3 Å². The van der Waals surface area contributed by atoms with Crippen LogP contribution >= 0.6 is 22.7 Å². The second-order valence-electron chi connectivity index (χ2n) is 4.06. The predicted octanol–water partition coefficient (Wildman–Crippen LogP) is 2.73. The highest BCUT2D eigenvalue weighted by molar-refractivity contribution is 7.10. The summed E-state index contributed by atoms with van der Waals surface area (Å²) in [7, 11) is 3.67. The normalized spacial score (nSPS) is 12.3. The average Bonchev–Trinajstić information content (AvgIpc) is 3.02. The van der Waals surface area contributed by atoms with Crippen LogP contribution in [0.3, 0.4) is 0 Å². The molecule has 2 aromatic heterocycles. The van der Waals surface area contributed by atoms with Gasteiger partial charge in [0.05, 0.1) is 0 Å². The monoisotopic (exact) mass is 280 g/mol. The van der Waals surface area contributed by atoms with Crippen LogP contribution in [0.1, 0.15) is 16.5 Å². The highest BCUT2D eigenvalue weighted by atomic mass is 32.1. The molecular weight excluding hydrogens is 264 g/mol. The standard InChI is InChI=1S/C13H16N2OS2/c1-14-12(11-4-3-6-18-11)13(16)15(2)8-10-5-7-17-9-10/h3-7,9,12,14H,8H2,1-2H3/t12-/m1/s1. The van der Waals surface area contributed by atoms with Crippen LogP contribution in [0.2, 0.25) is 0 Å². The molecule has 0 saturated carbocycles. The number of hydrogen-bond acceptors (Lipinski definition) is 4.